The SMILES string of the molecule is COC(CN)Cc1nc(C(C)(C)C)no1. The number of hydrogen-bond donors (Lipinski definition) is 1. The molecule has 1 heterocycles. The molecular formula is C10H19N3O2. The summed E-state index contributed by atoms with van der Waals surface area (Å²) in [6.45, 7) is 6.57. The van der Waals surface area contributed by atoms with Crippen LogP contribution in [0.3, 0.4) is 0 Å². The van der Waals surface area contributed by atoms with E-state index in [1.54, 1.807) is 7.11 Å². The van der Waals surface area contributed by atoms with E-state index < -0.39 is 0 Å². The van der Waals surface area contributed by atoms with E-state index in [4.69, 9.17) is 15.0 Å². The molecule has 0 aliphatic rings. The average Bonchev–Trinajstić information content (AvgIpc) is 2.61. The van der Waals surface area contributed by atoms with Crippen LogP contribution in [0.2, 0.25) is 0 Å². The van der Waals surface area contributed by atoms with E-state index in [-0.39, 0.29) is 11.5 Å². The van der Waals surface area contributed by atoms with Gasteiger partial charge >= 0.3 is 0 Å². The Hall–Kier alpha value is -0.940. The van der Waals surface area contributed by atoms with Crippen molar-refractivity contribution >= 4 is 0 Å². The highest BCUT2D eigenvalue weighted by Crippen LogP contribution is 2.18. The summed E-state index contributed by atoms with van der Waals surface area (Å²) >= 11 is 0. The summed E-state index contributed by atoms with van der Waals surface area (Å²) in [7, 11) is 1.62. The van der Waals surface area contributed by atoms with Crippen molar-refractivity contribution in [3.05, 3.63) is 11.7 Å². The lowest BCUT2D eigenvalue weighted by Gasteiger charge is -2.11. The van der Waals surface area contributed by atoms with E-state index in [2.05, 4.69) is 10.1 Å². The van der Waals surface area contributed by atoms with Crippen LogP contribution in [-0.4, -0.2) is 29.9 Å². The number of rotatable bonds is 4. The van der Waals surface area contributed by atoms with E-state index in [1.165, 1.54) is 0 Å². The van der Waals surface area contributed by atoms with Crippen molar-refractivity contribution in [3.8, 4) is 0 Å². The molecule has 2 N–H and O–H groups in total. The molecule has 5 nitrogen and oxygen atoms in total. The van der Waals surface area contributed by atoms with Gasteiger partial charge in [-0.1, -0.05) is 25.9 Å². The Morgan fingerprint density at radius 3 is 2.53 bits per heavy atom. The first kappa shape index (κ1) is 12.1. The van der Waals surface area contributed by atoms with Crippen LogP contribution in [0.15, 0.2) is 4.52 Å². The zero-order valence-electron chi connectivity index (χ0n) is 9.78. The number of ether oxygens (including phenoxy) is 1. The van der Waals surface area contributed by atoms with E-state index in [9.17, 15) is 0 Å². The molecule has 0 radical (unpaired) electrons. The Labute approximate surface area is 90.0 Å². The Kier molecular flexibility index (Phi) is 3.82. The standard InChI is InChI=1S/C10H19N3O2/c1-10(2,3)9-12-8(15-13-9)5-7(6-11)14-4/h7H,5-6,11H2,1-4H3. The van der Waals surface area contributed by atoms with Crippen LogP contribution in [-0.2, 0) is 16.6 Å². The molecule has 0 aliphatic heterocycles. The van der Waals surface area contributed by atoms with E-state index in [1.807, 2.05) is 20.8 Å². The summed E-state index contributed by atoms with van der Waals surface area (Å²) in [6.07, 6.45) is 0.508. The van der Waals surface area contributed by atoms with Gasteiger partial charge in [-0.25, -0.2) is 0 Å². The van der Waals surface area contributed by atoms with E-state index in [0.29, 0.717) is 24.7 Å². The summed E-state index contributed by atoms with van der Waals surface area (Å²) in [5, 5.41) is 3.93. The maximum absolute atomic E-state index is 5.51. The van der Waals surface area contributed by atoms with Crippen molar-refractivity contribution in [1.29, 1.82) is 0 Å². The molecule has 0 aliphatic carbocycles. The maximum Gasteiger partial charge on any atom is 0.229 e. The third-order valence-corrected chi connectivity index (χ3v) is 2.14. The highest BCUT2D eigenvalue weighted by molar-refractivity contribution is 5.00. The first-order valence-electron chi connectivity index (χ1n) is 5.03. The molecule has 0 saturated heterocycles. The number of aromatic nitrogens is 2. The molecule has 0 saturated carbocycles. The molecule has 0 aromatic carbocycles. The minimum absolute atomic E-state index is 0.0572. The fourth-order valence-corrected chi connectivity index (χ4v) is 1.10. The zero-order chi connectivity index (χ0) is 11.5. The van der Waals surface area contributed by atoms with Gasteiger partial charge in [0.05, 0.1) is 12.5 Å². The molecule has 1 aromatic rings. The smallest absolute Gasteiger partial charge is 0.229 e. The second-order valence-corrected chi connectivity index (χ2v) is 4.56. The molecule has 15 heavy (non-hydrogen) atoms. The van der Waals surface area contributed by atoms with Crippen molar-refractivity contribution < 1.29 is 9.26 Å². The Balaban J connectivity index is 2.68. The van der Waals surface area contributed by atoms with Crippen molar-refractivity contribution in [3.63, 3.8) is 0 Å². The van der Waals surface area contributed by atoms with Crippen LogP contribution in [0.5, 0.6) is 0 Å². The van der Waals surface area contributed by atoms with Crippen LogP contribution in [0, 0.1) is 0 Å². The van der Waals surface area contributed by atoms with Gasteiger partial charge in [0.15, 0.2) is 5.82 Å². The normalized spacial score (nSPS) is 14.2. The Morgan fingerprint density at radius 2 is 2.13 bits per heavy atom. The minimum Gasteiger partial charge on any atom is -0.380 e. The molecule has 1 rings (SSSR count). The van der Waals surface area contributed by atoms with Gasteiger partial charge in [0.25, 0.3) is 0 Å². The van der Waals surface area contributed by atoms with Crippen LogP contribution in [0.1, 0.15) is 32.5 Å². The third kappa shape index (κ3) is 3.28. The summed E-state index contributed by atoms with van der Waals surface area (Å²) in [5.41, 5.74) is 5.42. The average molecular weight is 213 g/mol. The van der Waals surface area contributed by atoms with Gasteiger partial charge in [0, 0.05) is 19.1 Å². The van der Waals surface area contributed by atoms with Gasteiger partial charge in [-0.3, -0.25) is 0 Å². The van der Waals surface area contributed by atoms with Crippen LogP contribution in [0.25, 0.3) is 0 Å². The molecule has 1 atom stereocenters. The molecule has 0 spiro atoms. The minimum atomic E-state index is -0.0902. The molecule has 0 fully saturated rings. The number of methoxy groups -OCH3 is 1. The van der Waals surface area contributed by atoms with E-state index >= 15 is 0 Å². The van der Waals surface area contributed by atoms with Gasteiger partial charge in [-0.2, -0.15) is 4.98 Å². The topological polar surface area (TPSA) is 74.2 Å². The highest BCUT2D eigenvalue weighted by Gasteiger charge is 2.21. The maximum atomic E-state index is 5.51. The molecule has 1 aromatic heterocycles. The predicted octanol–water partition coefficient (Wildman–Crippen LogP) is 0.883. The summed E-state index contributed by atoms with van der Waals surface area (Å²) < 4.78 is 10.3. The second-order valence-electron chi connectivity index (χ2n) is 4.56. The molecule has 0 amide bonds. The highest BCUT2D eigenvalue weighted by atomic mass is 16.5. The van der Waals surface area contributed by atoms with Gasteiger partial charge < -0.3 is 15.0 Å². The first-order valence-corrected chi connectivity index (χ1v) is 5.03. The van der Waals surface area contributed by atoms with Gasteiger partial charge in [-0.15, -0.1) is 0 Å². The second kappa shape index (κ2) is 4.72. The van der Waals surface area contributed by atoms with Crippen molar-refractivity contribution in [2.75, 3.05) is 13.7 Å². The van der Waals surface area contributed by atoms with Crippen molar-refractivity contribution in [1.82, 2.24) is 10.1 Å². The summed E-state index contributed by atoms with van der Waals surface area (Å²) in [5.74, 6) is 1.29. The molecule has 0 bridgehead atoms. The zero-order valence-corrected chi connectivity index (χ0v) is 9.78. The molecule has 86 valence electrons. The van der Waals surface area contributed by atoms with Crippen LogP contribution in [0.4, 0.5) is 0 Å². The van der Waals surface area contributed by atoms with Gasteiger partial charge in [0.2, 0.25) is 5.89 Å². The van der Waals surface area contributed by atoms with Crippen molar-refractivity contribution in [2.45, 2.75) is 38.7 Å². The lowest BCUT2D eigenvalue weighted by Crippen LogP contribution is -2.24. The lowest BCUT2D eigenvalue weighted by atomic mass is 9.96. The number of nitrogens with two attached hydrogens (primary N) is 1. The molecular weight excluding hydrogens is 194 g/mol. The largest absolute Gasteiger partial charge is 0.380 e. The Bertz CT molecular complexity index is 300. The third-order valence-electron chi connectivity index (χ3n) is 2.14. The Morgan fingerprint density at radius 1 is 1.47 bits per heavy atom. The van der Waals surface area contributed by atoms with Crippen LogP contribution >= 0.6 is 0 Å². The molecule has 5 heteroatoms. The monoisotopic (exact) mass is 213 g/mol. The fraction of sp³-hybridized carbons (Fsp3) is 0.800. The number of nitrogens with zero attached hydrogens (tertiary/aromatic N) is 2. The first-order chi connectivity index (χ1) is 6.97. The quantitative estimate of drug-likeness (QED) is 0.803. The molecule has 1 unspecified atom stereocenters. The fourth-order valence-electron chi connectivity index (χ4n) is 1.10. The summed E-state index contributed by atoms with van der Waals surface area (Å²) in [6, 6.07) is 0. The summed E-state index contributed by atoms with van der Waals surface area (Å²) in [4.78, 5) is 4.30. The van der Waals surface area contributed by atoms with Crippen molar-refractivity contribution in [2.24, 2.45) is 5.73 Å². The van der Waals surface area contributed by atoms with Gasteiger partial charge in [-0.05, 0) is 0 Å². The van der Waals surface area contributed by atoms with E-state index in [0.717, 1.165) is 0 Å². The predicted molar refractivity (Wildman–Crippen MR) is 56.6 cm³/mol. The van der Waals surface area contributed by atoms with Gasteiger partial charge in [0.1, 0.15) is 0 Å². The lowest BCUT2D eigenvalue weighted by molar-refractivity contribution is 0.102. The number of hydrogen-bond acceptors (Lipinski definition) is 5. The van der Waals surface area contributed by atoms with Crippen LogP contribution < -0.4 is 5.73 Å².